The van der Waals surface area contributed by atoms with Gasteiger partial charge in [0, 0.05) is 17.3 Å². The van der Waals surface area contributed by atoms with Crippen molar-refractivity contribution in [1.29, 1.82) is 0 Å². The first-order chi connectivity index (χ1) is 12.6. The van der Waals surface area contributed by atoms with Crippen LogP contribution < -0.4 is 10.1 Å². The normalized spacial score (nSPS) is 10.5. The number of carbonyl (C=O) groups is 2. The van der Waals surface area contributed by atoms with Crippen LogP contribution in [0, 0.1) is 0 Å². The molecule has 0 atom stereocenters. The molecule has 0 aromatic heterocycles. The second kappa shape index (κ2) is 10.0. The second-order valence-corrected chi connectivity index (χ2v) is 5.63. The monoisotopic (exact) mass is 353 g/mol. The Kier molecular flexibility index (Phi) is 7.43. The zero-order valence-electron chi connectivity index (χ0n) is 15.0. The van der Waals surface area contributed by atoms with Crippen LogP contribution in [-0.4, -0.2) is 25.6 Å². The lowest BCUT2D eigenvalue weighted by Gasteiger charge is -2.08. The summed E-state index contributed by atoms with van der Waals surface area (Å²) in [5.41, 5.74) is 1.87. The van der Waals surface area contributed by atoms with Crippen molar-refractivity contribution in [3.63, 3.8) is 0 Å². The molecular formula is C21H23NO4. The first-order valence-corrected chi connectivity index (χ1v) is 8.53. The Hall–Kier alpha value is -3.08. The predicted molar refractivity (Wildman–Crippen MR) is 102 cm³/mol. The van der Waals surface area contributed by atoms with Crippen molar-refractivity contribution in [2.24, 2.45) is 0 Å². The molecule has 0 aliphatic carbocycles. The molecule has 2 rings (SSSR count). The number of para-hydroxylation sites is 1. The summed E-state index contributed by atoms with van der Waals surface area (Å²) in [6.45, 7) is 2.76. The highest BCUT2D eigenvalue weighted by Gasteiger charge is 2.05. The van der Waals surface area contributed by atoms with E-state index in [1.54, 1.807) is 30.3 Å². The van der Waals surface area contributed by atoms with Crippen molar-refractivity contribution in [2.45, 2.75) is 19.8 Å². The van der Waals surface area contributed by atoms with Crippen LogP contribution in [-0.2, 0) is 9.53 Å². The Bertz CT molecular complexity index is 766. The number of anilines is 1. The number of unbranched alkanes of at least 4 members (excludes halogenated alkanes) is 1. The SMILES string of the molecule is CCCCOc1ccccc1/C=C/C(=O)Nc1ccc(C(=O)OC)cc1. The van der Waals surface area contributed by atoms with Crippen molar-refractivity contribution in [1.82, 2.24) is 0 Å². The zero-order chi connectivity index (χ0) is 18.8. The van der Waals surface area contributed by atoms with Gasteiger partial charge < -0.3 is 14.8 Å². The number of nitrogens with one attached hydrogen (secondary N) is 1. The number of carbonyl (C=O) groups excluding carboxylic acids is 2. The van der Waals surface area contributed by atoms with Crippen LogP contribution in [0.3, 0.4) is 0 Å². The van der Waals surface area contributed by atoms with Crippen molar-refractivity contribution in [3.8, 4) is 5.75 Å². The van der Waals surface area contributed by atoms with Gasteiger partial charge in [0.15, 0.2) is 0 Å². The number of rotatable bonds is 8. The van der Waals surface area contributed by atoms with Gasteiger partial charge in [0.25, 0.3) is 0 Å². The van der Waals surface area contributed by atoms with E-state index in [2.05, 4.69) is 17.0 Å². The first-order valence-electron chi connectivity index (χ1n) is 8.53. The van der Waals surface area contributed by atoms with E-state index in [-0.39, 0.29) is 5.91 Å². The van der Waals surface area contributed by atoms with Crippen LogP contribution in [0.4, 0.5) is 5.69 Å². The Morgan fingerprint density at radius 2 is 1.81 bits per heavy atom. The number of hydrogen-bond donors (Lipinski definition) is 1. The molecule has 0 saturated carbocycles. The minimum absolute atomic E-state index is 0.265. The fourth-order valence-electron chi connectivity index (χ4n) is 2.23. The molecule has 0 spiro atoms. The lowest BCUT2D eigenvalue weighted by atomic mass is 10.2. The summed E-state index contributed by atoms with van der Waals surface area (Å²) in [5.74, 6) is 0.0778. The second-order valence-electron chi connectivity index (χ2n) is 5.63. The van der Waals surface area contributed by atoms with Gasteiger partial charge in [0.2, 0.25) is 5.91 Å². The van der Waals surface area contributed by atoms with Gasteiger partial charge in [0.05, 0.1) is 19.3 Å². The molecule has 136 valence electrons. The van der Waals surface area contributed by atoms with Crippen LogP contribution in [0.2, 0.25) is 0 Å². The minimum atomic E-state index is -0.414. The van der Waals surface area contributed by atoms with Crippen molar-refractivity contribution in [2.75, 3.05) is 19.0 Å². The minimum Gasteiger partial charge on any atom is -0.493 e. The fourth-order valence-corrected chi connectivity index (χ4v) is 2.23. The van der Waals surface area contributed by atoms with E-state index >= 15 is 0 Å². The van der Waals surface area contributed by atoms with Gasteiger partial charge in [-0.05, 0) is 42.8 Å². The molecule has 26 heavy (non-hydrogen) atoms. The molecule has 0 aliphatic rings. The van der Waals surface area contributed by atoms with E-state index in [1.165, 1.54) is 13.2 Å². The lowest BCUT2D eigenvalue weighted by molar-refractivity contribution is -0.111. The highest BCUT2D eigenvalue weighted by Crippen LogP contribution is 2.20. The maximum absolute atomic E-state index is 12.1. The number of amides is 1. The number of esters is 1. The molecule has 1 N–H and O–H groups in total. The summed E-state index contributed by atoms with van der Waals surface area (Å²) >= 11 is 0. The third-order valence-electron chi connectivity index (χ3n) is 3.66. The Labute approximate surface area is 153 Å². The van der Waals surface area contributed by atoms with E-state index in [9.17, 15) is 9.59 Å². The molecule has 0 radical (unpaired) electrons. The molecular weight excluding hydrogens is 330 g/mol. The summed E-state index contributed by atoms with van der Waals surface area (Å²) < 4.78 is 10.4. The maximum Gasteiger partial charge on any atom is 0.337 e. The smallest absolute Gasteiger partial charge is 0.337 e. The summed E-state index contributed by atoms with van der Waals surface area (Å²) in [4.78, 5) is 23.5. The van der Waals surface area contributed by atoms with E-state index in [4.69, 9.17) is 4.74 Å². The summed E-state index contributed by atoms with van der Waals surface area (Å²) in [6, 6.07) is 14.1. The third kappa shape index (κ3) is 5.77. The van der Waals surface area contributed by atoms with Gasteiger partial charge in [-0.3, -0.25) is 4.79 Å². The van der Waals surface area contributed by atoms with Crippen LogP contribution in [0.5, 0.6) is 5.75 Å². The highest BCUT2D eigenvalue weighted by molar-refractivity contribution is 6.02. The van der Waals surface area contributed by atoms with Gasteiger partial charge in [-0.15, -0.1) is 0 Å². The van der Waals surface area contributed by atoms with Crippen LogP contribution >= 0.6 is 0 Å². The molecule has 1 amide bonds. The molecule has 0 saturated heterocycles. The maximum atomic E-state index is 12.1. The summed E-state index contributed by atoms with van der Waals surface area (Å²) in [7, 11) is 1.33. The van der Waals surface area contributed by atoms with Gasteiger partial charge in [-0.1, -0.05) is 31.5 Å². The zero-order valence-corrected chi connectivity index (χ0v) is 15.0. The summed E-state index contributed by atoms with van der Waals surface area (Å²) in [6.07, 6.45) is 5.23. The quantitative estimate of drug-likeness (QED) is 0.436. The number of methoxy groups -OCH3 is 1. The van der Waals surface area contributed by atoms with Gasteiger partial charge in [0.1, 0.15) is 5.75 Å². The van der Waals surface area contributed by atoms with Crippen molar-refractivity contribution >= 4 is 23.6 Å². The third-order valence-corrected chi connectivity index (χ3v) is 3.66. The predicted octanol–water partition coefficient (Wildman–Crippen LogP) is 4.30. The Morgan fingerprint density at radius 1 is 1.08 bits per heavy atom. The van der Waals surface area contributed by atoms with Gasteiger partial charge in [-0.25, -0.2) is 4.79 Å². The van der Waals surface area contributed by atoms with Crippen LogP contribution in [0.25, 0.3) is 6.08 Å². The van der Waals surface area contributed by atoms with Crippen molar-refractivity contribution < 1.29 is 19.1 Å². The fraction of sp³-hybridized carbons (Fsp3) is 0.238. The van der Waals surface area contributed by atoms with E-state index in [0.29, 0.717) is 17.9 Å². The van der Waals surface area contributed by atoms with Crippen LogP contribution in [0.1, 0.15) is 35.7 Å². The highest BCUT2D eigenvalue weighted by atomic mass is 16.5. The average molecular weight is 353 g/mol. The van der Waals surface area contributed by atoms with Gasteiger partial charge >= 0.3 is 5.97 Å². The van der Waals surface area contributed by atoms with Crippen molar-refractivity contribution in [3.05, 3.63) is 65.7 Å². The van der Waals surface area contributed by atoms with E-state index in [0.717, 1.165) is 24.2 Å². The topological polar surface area (TPSA) is 64.6 Å². The molecule has 0 bridgehead atoms. The first kappa shape index (κ1) is 19.2. The molecule has 2 aromatic carbocycles. The van der Waals surface area contributed by atoms with E-state index in [1.807, 2.05) is 24.3 Å². The molecule has 5 nitrogen and oxygen atoms in total. The molecule has 0 aliphatic heterocycles. The number of benzene rings is 2. The average Bonchev–Trinajstić information content (AvgIpc) is 2.67. The largest absolute Gasteiger partial charge is 0.493 e. The number of hydrogen-bond acceptors (Lipinski definition) is 4. The summed E-state index contributed by atoms with van der Waals surface area (Å²) in [5, 5.41) is 2.75. The Balaban J connectivity index is 1.98. The molecule has 2 aromatic rings. The Morgan fingerprint density at radius 3 is 2.50 bits per heavy atom. The molecule has 0 heterocycles. The molecule has 0 fully saturated rings. The van der Waals surface area contributed by atoms with Crippen LogP contribution in [0.15, 0.2) is 54.6 Å². The standard InChI is InChI=1S/C21H23NO4/c1-3-4-15-26-19-8-6-5-7-16(19)11-14-20(23)22-18-12-9-17(10-13-18)21(24)25-2/h5-14H,3-4,15H2,1-2H3,(H,22,23)/b14-11+. The van der Waals surface area contributed by atoms with E-state index < -0.39 is 5.97 Å². The van der Waals surface area contributed by atoms with Gasteiger partial charge in [-0.2, -0.15) is 0 Å². The lowest BCUT2D eigenvalue weighted by Crippen LogP contribution is -2.08. The number of ether oxygens (including phenoxy) is 2. The molecule has 0 unspecified atom stereocenters. The molecule has 5 heteroatoms.